The topological polar surface area (TPSA) is 56.6 Å². The van der Waals surface area contributed by atoms with E-state index in [2.05, 4.69) is 4.99 Å². The summed E-state index contributed by atoms with van der Waals surface area (Å²) in [6.45, 7) is 0. The van der Waals surface area contributed by atoms with Gasteiger partial charge in [-0.3, -0.25) is 0 Å². The van der Waals surface area contributed by atoms with Crippen molar-refractivity contribution in [1.29, 1.82) is 0 Å². The number of fused-ring (bicyclic) bond motifs is 1. The fourth-order valence-corrected chi connectivity index (χ4v) is 2.88. The van der Waals surface area contributed by atoms with Gasteiger partial charge in [-0.15, -0.1) is 0 Å². The van der Waals surface area contributed by atoms with Crippen molar-refractivity contribution in [3.8, 4) is 22.8 Å². The van der Waals surface area contributed by atoms with E-state index in [1.165, 1.54) is 0 Å². The Bertz CT molecular complexity index is 1130. The minimum absolute atomic E-state index is 0.218. The van der Waals surface area contributed by atoms with Crippen LogP contribution >= 0.6 is 0 Å². The van der Waals surface area contributed by atoms with E-state index in [1.54, 1.807) is 25.3 Å². The second-order valence-electron chi connectivity index (χ2n) is 5.92. The predicted octanol–water partition coefficient (Wildman–Crippen LogP) is 3.13. The first-order valence-corrected chi connectivity index (χ1v) is 8.29. The summed E-state index contributed by atoms with van der Waals surface area (Å²) < 4.78 is 11.3. The number of aromatic hydroxyl groups is 1. The largest absolute Gasteiger partial charge is 0.508 e. The molecule has 0 saturated heterocycles. The highest BCUT2D eigenvalue weighted by atomic mass is 16.5. The number of hydrogen-bond acceptors (Lipinski definition) is 3. The monoisotopic (exact) mass is 344 g/mol. The number of nitrogens with one attached hydrogen (secondary N) is 1. The molecule has 128 valence electrons. The van der Waals surface area contributed by atoms with Gasteiger partial charge in [-0.05, 0) is 42.5 Å². The van der Waals surface area contributed by atoms with Crippen molar-refractivity contribution in [3.05, 3.63) is 84.2 Å². The number of phenols is 1. The normalized spacial score (nSPS) is 11.7. The number of methoxy groups -OCH3 is 1. The summed E-state index contributed by atoms with van der Waals surface area (Å²) in [6.07, 6.45) is 0. The lowest BCUT2D eigenvalue weighted by Crippen LogP contribution is -2.70. The molecule has 26 heavy (non-hydrogen) atoms. The Morgan fingerprint density at radius 1 is 0.885 bits per heavy atom. The zero-order chi connectivity index (χ0) is 17.9. The lowest BCUT2D eigenvalue weighted by molar-refractivity contribution is -0.400. The maximum atomic E-state index is 9.72. The molecule has 0 atom stereocenters. The summed E-state index contributed by atoms with van der Waals surface area (Å²) in [7, 11) is 1.65. The number of phenolic OH excluding ortho intramolecular Hbond substituents is 1. The molecule has 4 rings (SSSR count). The zero-order valence-corrected chi connectivity index (χ0v) is 14.3. The lowest BCUT2D eigenvalue weighted by Gasteiger charge is -2.04. The molecule has 0 amide bonds. The molecule has 1 aromatic heterocycles. The van der Waals surface area contributed by atoms with Gasteiger partial charge in [0.2, 0.25) is 11.0 Å². The van der Waals surface area contributed by atoms with Crippen molar-refractivity contribution in [3.63, 3.8) is 0 Å². The molecule has 0 aliphatic rings. The Kier molecular flexibility index (Phi) is 4.15. The summed E-state index contributed by atoms with van der Waals surface area (Å²) in [5, 5.41) is 11.6. The third kappa shape index (κ3) is 3.17. The van der Waals surface area contributed by atoms with Crippen LogP contribution in [0.3, 0.4) is 0 Å². The SMILES string of the molecule is COc1ccc(-c2cc(=[NH+]c3cccc(O)c3)c3ccccc3o2)cc1. The molecule has 0 spiro atoms. The van der Waals surface area contributed by atoms with Gasteiger partial charge in [0.15, 0.2) is 0 Å². The van der Waals surface area contributed by atoms with E-state index in [-0.39, 0.29) is 5.75 Å². The Morgan fingerprint density at radius 3 is 2.46 bits per heavy atom. The number of para-hydroxylation sites is 1. The molecule has 3 aromatic carbocycles. The summed E-state index contributed by atoms with van der Waals surface area (Å²) in [5.41, 5.74) is 2.54. The van der Waals surface area contributed by atoms with Gasteiger partial charge in [0.05, 0.1) is 24.6 Å². The average molecular weight is 344 g/mol. The Balaban J connectivity index is 1.93. The zero-order valence-electron chi connectivity index (χ0n) is 14.3. The molecule has 0 unspecified atom stereocenters. The number of hydrogen-bond donors (Lipinski definition) is 2. The van der Waals surface area contributed by atoms with Crippen LogP contribution in [0.15, 0.2) is 83.3 Å². The second-order valence-corrected chi connectivity index (χ2v) is 5.92. The summed E-state index contributed by atoms with van der Waals surface area (Å²) in [6, 6.07) is 24.6. The van der Waals surface area contributed by atoms with Crippen molar-refractivity contribution in [2.75, 3.05) is 7.11 Å². The van der Waals surface area contributed by atoms with Crippen molar-refractivity contribution < 1.29 is 19.3 Å². The van der Waals surface area contributed by atoms with Crippen molar-refractivity contribution in [1.82, 2.24) is 0 Å². The standard InChI is InChI=1S/C22H17NO3/c1-25-18-11-9-15(10-12-18)22-14-20(19-7-2-3-8-21(19)26-22)23-16-5-4-6-17(24)13-16/h2-14,24H,1H3/p+1. The molecule has 4 heteroatoms. The van der Waals surface area contributed by atoms with Gasteiger partial charge in [0.1, 0.15) is 22.8 Å². The molecule has 0 bridgehead atoms. The fraction of sp³-hybridized carbons (Fsp3) is 0.0455. The summed E-state index contributed by atoms with van der Waals surface area (Å²) >= 11 is 0. The molecular weight excluding hydrogens is 326 g/mol. The van der Waals surface area contributed by atoms with Crippen LogP contribution in [0, 0.1) is 0 Å². The first-order valence-electron chi connectivity index (χ1n) is 8.29. The third-order valence-corrected chi connectivity index (χ3v) is 4.17. The Hall–Kier alpha value is -3.53. The predicted molar refractivity (Wildman–Crippen MR) is 100 cm³/mol. The van der Waals surface area contributed by atoms with Gasteiger partial charge < -0.3 is 14.3 Å². The van der Waals surface area contributed by atoms with Crippen LogP contribution in [0.4, 0.5) is 5.69 Å². The van der Waals surface area contributed by atoms with Crippen LogP contribution in [0.25, 0.3) is 22.3 Å². The average Bonchev–Trinajstić information content (AvgIpc) is 2.68. The molecule has 1 heterocycles. The highest BCUT2D eigenvalue weighted by Gasteiger charge is 2.09. The van der Waals surface area contributed by atoms with E-state index in [9.17, 15) is 5.11 Å². The summed E-state index contributed by atoms with van der Waals surface area (Å²) in [5.74, 6) is 1.76. The highest BCUT2D eigenvalue weighted by Crippen LogP contribution is 2.24. The van der Waals surface area contributed by atoms with Crippen LogP contribution in [-0.4, -0.2) is 12.2 Å². The third-order valence-electron chi connectivity index (χ3n) is 4.17. The molecule has 0 saturated carbocycles. The highest BCUT2D eigenvalue weighted by molar-refractivity contribution is 5.78. The molecule has 0 aliphatic carbocycles. The molecule has 4 nitrogen and oxygen atoms in total. The minimum atomic E-state index is 0.218. The quantitative estimate of drug-likeness (QED) is 0.600. The van der Waals surface area contributed by atoms with E-state index in [0.29, 0.717) is 0 Å². The summed E-state index contributed by atoms with van der Waals surface area (Å²) in [4.78, 5) is 3.38. The maximum absolute atomic E-state index is 9.72. The van der Waals surface area contributed by atoms with Gasteiger partial charge in [0, 0.05) is 11.6 Å². The molecule has 4 aromatic rings. The molecule has 0 fully saturated rings. The second kappa shape index (κ2) is 6.76. The maximum Gasteiger partial charge on any atom is 0.218 e. The van der Waals surface area contributed by atoms with Gasteiger partial charge in [-0.2, -0.15) is 0 Å². The molecular formula is C22H18NO3+. The van der Waals surface area contributed by atoms with Crippen LogP contribution in [0.2, 0.25) is 0 Å². The van der Waals surface area contributed by atoms with Gasteiger partial charge in [-0.1, -0.05) is 18.2 Å². The minimum Gasteiger partial charge on any atom is -0.508 e. The smallest absolute Gasteiger partial charge is 0.218 e. The lowest BCUT2D eigenvalue weighted by atomic mass is 10.1. The van der Waals surface area contributed by atoms with Crippen LogP contribution in [-0.2, 0) is 0 Å². The first kappa shape index (κ1) is 16.0. The molecule has 0 radical (unpaired) electrons. The number of benzene rings is 3. The van der Waals surface area contributed by atoms with E-state index >= 15 is 0 Å². The van der Waals surface area contributed by atoms with Crippen LogP contribution < -0.4 is 15.1 Å². The molecule has 2 N–H and O–H groups in total. The van der Waals surface area contributed by atoms with E-state index < -0.39 is 0 Å². The van der Waals surface area contributed by atoms with Crippen molar-refractivity contribution in [2.45, 2.75) is 0 Å². The van der Waals surface area contributed by atoms with Gasteiger partial charge in [-0.25, -0.2) is 4.99 Å². The van der Waals surface area contributed by atoms with E-state index in [0.717, 1.165) is 39.1 Å². The fourth-order valence-electron chi connectivity index (χ4n) is 2.88. The van der Waals surface area contributed by atoms with Gasteiger partial charge in [0.25, 0.3) is 0 Å². The van der Waals surface area contributed by atoms with Crippen molar-refractivity contribution in [2.24, 2.45) is 0 Å². The van der Waals surface area contributed by atoms with Crippen LogP contribution in [0.1, 0.15) is 0 Å². The van der Waals surface area contributed by atoms with Crippen molar-refractivity contribution >= 4 is 16.7 Å². The Labute approximate surface area is 150 Å². The van der Waals surface area contributed by atoms with E-state index in [4.69, 9.17) is 9.15 Å². The van der Waals surface area contributed by atoms with Gasteiger partial charge >= 0.3 is 0 Å². The van der Waals surface area contributed by atoms with E-state index in [1.807, 2.05) is 60.7 Å². The first-order chi connectivity index (χ1) is 12.7. The number of ether oxygens (including phenoxy) is 1. The van der Waals surface area contributed by atoms with Crippen LogP contribution in [0.5, 0.6) is 11.5 Å². The molecule has 0 aliphatic heterocycles. The number of rotatable bonds is 3. The Morgan fingerprint density at radius 2 is 1.69 bits per heavy atom.